The first-order chi connectivity index (χ1) is 9.69. The molecule has 0 spiro atoms. The number of benzene rings is 1. The van der Waals surface area contributed by atoms with Crippen LogP contribution in [0, 0.1) is 36.5 Å². The molecule has 4 unspecified atom stereocenters. The highest BCUT2D eigenvalue weighted by Crippen LogP contribution is 2.69. The zero-order valence-corrected chi connectivity index (χ0v) is 11.9. The molecule has 0 aliphatic heterocycles. The van der Waals surface area contributed by atoms with E-state index in [9.17, 15) is 4.79 Å². The van der Waals surface area contributed by atoms with Crippen LogP contribution in [0.25, 0.3) is 0 Å². The smallest absolute Gasteiger partial charge is 0.228 e. The van der Waals surface area contributed by atoms with Gasteiger partial charge in [-0.25, -0.2) is 0 Å². The summed E-state index contributed by atoms with van der Waals surface area (Å²) in [7, 11) is 0. The predicted molar refractivity (Wildman–Crippen MR) is 79.0 cm³/mol. The predicted octanol–water partition coefficient (Wildman–Crippen LogP) is 2.68. The van der Waals surface area contributed by atoms with Gasteiger partial charge in [0, 0.05) is 18.2 Å². The van der Waals surface area contributed by atoms with Gasteiger partial charge in [-0.3, -0.25) is 4.79 Å². The SMILES string of the molecule is Cc1ccc(CN)cc1NC(=O)C1C2C3CCC(C3)C12. The van der Waals surface area contributed by atoms with Crippen molar-refractivity contribution in [2.75, 3.05) is 5.32 Å². The molecule has 2 bridgehead atoms. The normalized spacial score (nSPS) is 36.8. The highest BCUT2D eigenvalue weighted by Gasteiger charge is 2.67. The molecule has 3 fully saturated rings. The van der Waals surface area contributed by atoms with Crippen LogP contribution in [-0.2, 0) is 11.3 Å². The third kappa shape index (κ3) is 1.72. The summed E-state index contributed by atoms with van der Waals surface area (Å²) in [5.74, 6) is 3.63. The molecule has 1 amide bonds. The Bertz CT molecular complexity index is 552. The minimum absolute atomic E-state index is 0.244. The van der Waals surface area contributed by atoms with Crippen LogP contribution in [-0.4, -0.2) is 5.91 Å². The van der Waals surface area contributed by atoms with Crippen LogP contribution < -0.4 is 11.1 Å². The molecular formula is C17H22N2O. The number of nitrogens with one attached hydrogen (secondary N) is 1. The minimum Gasteiger partial charge on any atom is -0.326 e. The number of nitrogens with two attached hydrogens (primary N) is 1. The van der Waals surface area contributed by atoms with Gasteiger partial charge in [0.15, 0.2) is 0 Å². The third-order valence-electron chi connectivity index (χ3n) is 5.83. The molecule has 0 aromatic heterocycles. The van der Waals surface area contributed by atoms with Crippen LogP contribution in [0.3, 0.4) is 0 Å². The lowest BCUT2D eigenvalue weighted by Gasteiger charge is -2.12. The summed E-state index contributed by atoms with van der Waals surface area (Å²) in [6, 6.07) is 6.08. The fourth-order valence-electron chi connectivity index (χ4n) is 4.82. The van der Waals surface area contributed by atoms with E-state index in [1.165, 1.54) is 19.3 Å². The zero-order chi connectivity index (χ0) is 13.9. The summed E-state index contributed by atoms with van der Waals surface area (Å²) >= 11 is 0. The van der Waals surface area contributed by atoms with E-state index in [0.29, 0.717) is 24.3 Å². The summed E-state index contributed by atoms with van der Waals surface area (Å²) in [5.41, 5.74) is 8.80. The first kappa shape index (κ1) is 12.4. The topological polar surface area (TPSA) is 55.1 Å². The van der Waals surface area contributed by atoms with E-state index >= 15 is 0 Å². The number of aryl methyl sites for hydroxylation is 1. The Labute approximate surface area is 119 Å². The van der Waals surface area contributed by atoms with E-state index in [1.54, 1.807) is 0 Å². The summed E-state index contributed by atoms with van der Waals surface area (Å²) < 4.78 is 0. The lowest BCUT2D eigenvalue weighted by atomic mass is 10.0. The molecular weight excluding hydrogens is 248 g/mol. The van der Waals surface area contributed by atoms with Gasteiger partial charge in [0.05, 0.1) is 0 Å². The Balaban J connectivity index is 1.49. The summed E-state index contributed by atoms with van der Waals surface area (Å²) in [4.78, 5) is 12.5. The van der Waals surface area contributed by atoms with E-state index in [0.717, 1.165) is 28.7 Å². The Morgan fingerprint density at radius 2 is 2.00 bits per heavy atom. The second kappa shape index (κ2) is 4.32. The fraction of sp³-hybridized carbons (Fsp3) is 0.588. The number of rotatable bonds is 3. The standard InChI is InChI=1S/C17H22N2O/c1-9-2-3-10(8-18)6-13(9)19-17(20)16-14-11-4-5-12(7-11)15(14)16/h2-3,6,11-12,14-16H,4-5,7-8,18H2,1H3,(H,19,20). The number of carbonyl (C=O) groups is 1. The number of hydrogen-bond acceptors (Lipinski definition) is 2. The van der Waals surface area contributed by atoms with Gasteiger partial charge >= 0.3 is 0 Å². The van der Waals surface area contributed by atoms with Crippen molar-refractivity contribution < 1.29 is 4.79 Å². The third-order valence-corrected chi connectivity index (χ3v) is 5.83. The first-order valence-electron chi connectivity index (χ1n) is 7.79. The van der Waals surface area contributed by atoms with Gasteiger partial charge in [-0.1, -0.05) is 12.1 Å². The lowest BCUT2D eigenvalue weighted by Crippen LogP contribution is -2.19. The van der Waals surface area contributed by atoms with Gasteiger partial charge in [0.2, 0.25) is 5.91 Å². The molecule has 0 radical (unpaired) electrons. The van der Waals surface area contributed by atoms with E-state index in [-0.39, 0.29) is 5.91 Å². The molecule has 3 nitrogen and oxygen atoms in total. The minimum atomic E-state index is 0.244. The van der Waals surface area contributed by atoms with Crippen LogP contribution in [0.4, 0.5) is 5.69 Å². The average molecular weight is 270 g/mol. The van der Waals surface area contributed by atoms with Crippen LogP contribution in [0.1, 0.15) is 30.4 Å². The highest BCUT2D eigenvalue weighted by molar-refractivity contribution is 5.95. The number of fused-ring (bicyclic) bond motifs is 5. The molecule has 0 saturated heterocycles. The second-order valence-electron chi connectivity index (χ2n) is 6.86. The van der Waals surface area contributed by atoms with Crippen LogP contribution in [0.5, 0.6) is 0 Å². The molecule has 106 valence electrons. The number of carbonyl (C=O) groups excluding carboxylic acids is 1. The molecule has 20 heavy (non-hydrogen) atoms. The zero-order valence-electron chi connectivity index (χ0n) is 11.9. The number of hydrogen-bond donors (Lipinski definition) is 2. The van der Waals surface area contributed by atoms with Crippen molar-refractivity contribution in [3.05, 3.63) is 29.3 Å². The van der Waals surface area contributed by atoms with Crippen LogP contribution in [0.2, 0.25) is 0 Å². The van der Waals surface area contributed by atoms with Crippen LogP contribution >= 0.6 is 0 Å². The molecule has 0 heterocycles. The Kier molecular flexibility index (Phi) is 2.68. The maximum atomic E-state index is 12.5. The maximum absolute atomic E-state index is 12.5. The summed E-state index contributed by atoms with van der Waals surface area (Å²) in [6.45, 7) is 2.55. The van der Waals surface area contributed by atoms with Crippen LogP contribution in [0.15, 0.2) is 18.2 Å². The second-order valence-corrected chi connectivity index (χ2v) is 6.86. The quantitative estimate of drug-likeness (QED) is 0.887. The van der Waals surface area contributed by atoms with E-state index in [2.05, 4.69) is 5.32 Å². The first-order valence-corrected chi connectivity index (χ1v) is 7.79. The molecule has 1 aromatic rings. The highest BCUT2D eigenvalue weighted by atomic mass is 16.2. The molecule has 3 N–H and O–H groups in total. The van der Waals surface area contributed by atoms with Gasteiger partial charge < -0.3 is 11.1 Å². The van der Waals surface area contributed by atoms with Crippen molar-refractivity contribution in [1.29, 1.82) is 0 Å². The molecule has 3 aliphatic carbocycles. The maximum Gasteiger partial charge on any atom is 0.228 e. The van der Waals surface area contributed by atoms with Gasteiger partial charge in [-0.05, 0) is 67.1 Å². The van der Waals surface area contributed by atoms with Gasteiger partial charge in [0.1, 0.15) is 0 Å². The van der Waals surface area contributed by atoms with Gasteiger partial charge in [0.25, 0.3) is 0 Å². The van der Waals surface area contributed by atoms with Crippen molar-refractivity contribution in [1.82, 2.24) is 0 Å². The molecule has 4 atom stereocenters. The van der Waals surface area contributed by atoms with E-state index in [4.69, 9.17) is 5.73 Å². The largest absolute Gasteiger partial charge is 0.326 e. The monoisotopic (exact) mass is 270 g/mol. The Hall–Kier alpha value is -1.35. The number of anilines is 1. The van der Waals surface area contributed by atoms with Crippen molar-refractivity contribution in [2.24, 2.45) is 35.3 Å². The van der Waals surface area contributed by atoms with Gasteiger partial charge in [-0.15, -0.1) is 0 Å². The van der Waals surface area contributed by atoms with Crippen molar-refractivity contribution in [2.45, 2.75) is 32.7 Å². The van der Waals surface area contributed by atoms with E-state index < -0.39 is 0 Å². The Morgan fingerprint density at radius 3 is 2.65 bits per heavy atom. The molecule has 1 aromatic carbocycles. The van der Waals surface area contributed by atoms with Crippen molar-refractivity contribution in [3.63, 3.8) is 0 Å². The lowest BCUT2D eigenvalue weighted by molar-refractivity contribution is -0.118. The average Bonchev–Trinajstić information content (AvgIpc) is 2.90. The number of amides is 1. The molecule has 3 saturated carbocycles. The fourth-order valence-corrected chi connectivity index (χ4v) is 4.82. The van der Waals surface area contributed by atoms with E-state index in [1.807, 2.05) is 25.1 Å². The summed E-state index contributed by atoms with van der Waals surface area (Å²) in [5, 5.41) is 3.15. The van der Waals surface area contributed by atoms with Gasteiger partial charge in [-0.2, -0.15) is 0 Å². The molecule has 4 rings (SSSR count). The van der Waals surface area contributed by atoms with Crippen molar-refractivity contribution in [3.8, 4) is 0 Å². The molecule has 3 heteroatoms. The summed E-state index contributed by atoms with van der Waals surface area (Å²) in [6.07, 6.45) is 4.11. The Morgan fingerprint density at radius 1 is 1.30 bits per heavy atom. The van der Waals surface area contributed by atoms with Crippen molar-refractivity contribution >= 4 is 11.6 Å². The molecule has 3 aliphatic rings.